The van der Waals surface area contributed by atoms with Gasteiger partial charge in [-0.2, -0.15) is 0 Å². The molecule has 1 unspecified atom stereocenters. The number of benzene rings is 1. The highest BCUT2D eigenvalue weighted by Crippen LogP contribution is 2.28. The fourth-order valence-corrected chi connectivity index (χ4v) is 3.28. The van der Waals surface area contributed by atoms with Crippen LogP contribution in [0.25, 0.3) is 0 Å². The molecule has 0 aliphatic heterocycles. The summed E-state index contributed by atoms with van der Waals surface area (Å²) in [5.74, 6) is 0.515. The summed E-state index contributed by atoms with van der Waals surface area (Å²) in [5, 5.41) is 3.62. The van der Waals surface area contributed by atoms with Crippen LogP contribution >= 0.6 is 11.6 Å². The predicted molar refractivity (Wildman–Crippen MR) is 79.2 cm³/mol. The Bertz CT molecular complexity index is 402. The summed E-state index contributed by atoms with van der Waals surface area (Å²) in [4.78, 5) is 0. The van der Waals surface area contributed by atoms with E-state index >= 15 is 0 Å². The summed E-state index contributed by atoms with van der Waals surface area (Å²) < 4.78 is 13.1. The van der Waals surface area contributed by atoms with Crippen molar-refractivity contribution in [1.82, 2.24) is 5.32 Å². The Kier molecular flexibility index (Phi) is 5.65. The van der Waals surface area contributed by atoms with Crippen LogP contribution in [0, 0.1) is 11.7 Å². The lowest BCUT2D eigenvalue weighted by Crippen LogP contribution is -2.30. The van der Waals surface area contributed by atoms with Gasteiger partial charge in [-0.1, -0.05) is 49.8 Å². The molecule has 1 aliphatic carbocycles. The molecule has 3 heteroatoms. The molecule has 1 aromatic rings. The summed E-state index contributed by atoms with van der Waals surface area (Å²) in [6.45, 7) is 0. The monoisotopic (exact) mass is 283 g/mol. The van der Waals surface area contributed by atoms with Gasteiger partial charge >= 0.3 is 0 Å². The molecule has 0 bridgehead atoms. The van der Waals surface area contributed by atoms with Gasteiger partial charge in [0.2, 0.25) is 0 Å². The van der Waals surface area contributed by atoms with Gasteiger partial charge in [-0.15, -0.1) is 0 Å². The second-order valence-corrected chi connectivity index (χ2v) is 6.09. The van der Waals surface area contributed by atoms with Crippen LogP contribution in [0.5, 0.6) is 0 Å². The number of likely N-dealkylation sites (N-methyl/N-ethyl adjacent to an activating group) is 1. The molecular formula is C16H23ClFN. The molecule has 1 fully saturated rings. The second-order valence-electron chi connectivity index (χ2n) is 5.68. The fourth-order valence-electron chi connectivity index (χ4n) is 3.08. The third-order valence-electron chi connectivity index (χ3n) is 4.22. The molecule has 2 rings (SSSR count). The topological polar surface area (TPSA) is 12.0 Å². The van der Waals surface area contributed by atoms with Gasteiger partial charge in [0.15, 0.2) is 0 Å². The standard InChI is InChI=1S/C16H23ClFN/c1-19-14(9-12-5-3-2-4-6-12)10-13-7-8-16(18)15(17)11-13/h7-8,11-12,14,19H,2-6,9-10H2,1H3. The molecule has 1 nitrogen and oxygen atoms in total. The van der Waals surface area contributed by atoms with E-state index in [4.69, 9.17) is 11.6 Å². The van der Waals surface area contributed by atoms with Crippen LogP contribution in [0.1, 0.15) is 44.1 Å². The zero-order valence-corrected chi connectivity index (χ0v) is 12.3. The lowest BCUT2D eigenvalue weighted by molar-refractivity contribution is 0.302. The molecule has 1 N–H and O–H groups in total. The van der Waals surface area contributed by atoms with Crippen LogP contribution in [0.4, 0.5) is 4.39 Å². The number of halogens is 2. The summed E-state index contributed by atoms with van der Waals surface area (Å²) in [6.07, 6.45) is 9.02. The van der Waals surface area contributed by atoms with Gasteiger partial charge in [-0.05, 0) is 43.5 Å². The minimum absolute atomic E-state index is 0.227. The highest BCUT2D eigenvalue weighted by atomic mass is 35.5. The molecule has 0 radical (unpaired) electrons. The highest BCUT2D eigenvalue weighted by molar-refractivity contribution is 6.30. The lowest BCUT2D eigenvalue weighted by atomic mass is 9.83. The van der Waals surface area contributed by atoms with E-state index in [0.29, 0.717) is 6.04 Å². The average molecular weight is 284 g/mol. The molecule has 0 saturated heterocycles. The van der Waals surface area contributed by atoms with Crippen molar-refractivity contribution in [3.8, 4) is 0 Å². The van der Waals surface area contributed by atoms with Crippen molar-refractivity contribution in [2.45, 2.75) is 51.0 Å². The second kappa shape index (κ2) is 7.25. The van der Waals surface area contributed by atoms with Gasteiger partial charge in [0.25, 0.3) is 0 Å². The molecule has 0 aromatic heterocycles. The SMILES string of the molecule is CNC(Cc1ccc(F)c(Cl)c1)CC1CCCCC1. The Morgan fingerprint density at radius 1 is 1.32 bits per heavy atom. The Morgan fingerprint density at radius 2 is 2.05 bits per heavy atom. The van der Waals surface area contributed by atoms with Crippen molar-refractivity contribution in [2.24, 2.45) is 5.92 Å². The average Bonchev–Trinajstić information content (AvgIpc) is 2.43. The summed E-state index contributed by atoms with van der Waals surface area (Å²) >= 11 is 5.84. The Hall–Kier alpha value is -0.600. The van der Waals surface area contributed by atoms with Gasteiger partial charge in [-0.25, -0.2) is 4.39 Å². The first-order valence-corrected chi connectivity index (χ1v) is 7.68. The molecule has 1 atom stereocenters. The van der Waals surface area contributed by atoms with Crippen molar-refractivity contribution < 1.29 is 4.39 Å². The van der Waals surface area contributed by atoms with E-state index in [0.717, 1.165) is 17.9 Å². The molecule has 106 valence electrons. The quantitative estimate of drug-likeness (QED) is 0.834. The van der Waals surface area contributed by atoms with Crippen LogP contribution in [0.15, 0.2) is 18.2 Å². The minimum Gasteiger partial charge on any atom is -0.317 e. The molecule has 0 spiro atoms. The van der Waals surface area contributed by atoms with Crippen molar-refractivity contribution in [2.75, 3.05) is 7.05 Å². The smallest absolute Gasteiger partial charge is 0.141 e. The largest absolute Gasteiger partial charge is 0.317 e. The van der Waals surface area contributed by atoms with E-state index in [2.05, 4.69) is 5.32 Å². The zero-order valence-electron chi connectivity index (χ0n) is 11.6. The van der Waals surface area contributed by atoms with E-state index in [1.54, 1.807) is 6.07 Å². The molecule has 1 saturated carbocycles. The molecular weight excluding hydrogens is 261 g/mol. The number of hydrogen-bond donors (Lipinski definition) is 1. The van der Waals surface area contributed by atoms with Gasteiger partial charge in [-0.3, -0.25) is 0 Å². The number of rotatable bonds is 5. The van der Waals surface area contributed by atoms with Crippen molar-refractivity contribution in [3.63, 3.8) is 0 Å². The van der Waals surface area contributed by atoms with Crippen molar-refractivity contribution in [3.05, 3.63) is 34.6 Å². The first kappa shape index (κ1) is 14.8. The zero-order chi connectivity index (χ0) is 13.7. The minimum atomic E-state index is -0.335. The maximum Gasteiger partial charge on any atom is 0.141 e. The van der Waals surface area contributed by atoms with Crippen LogP contribution in [-0.2, 0) is 6.42 Å². The van der Waals surface area contributed by atoms with Crippen molar-refractivity contribution >= 4 is 11.6 Å². The molecule has 0 amide bonds. The third-order valence-corrected chi connectivity index (χ3v) is 4.51. The normalized spacial score (nSPS) is 18.5. The van der Waals surface area contributed by atoms with E-state index in [9.17, 15) is 4.39 Å². The lowest BCUT2D eigenvalue weighted by Gasteiger charge is -2.26. The van der Waals surface area contributed by atoms with E-state index in [-0.39, 0.29) is 10.8 Å². The molecule has 0 heterocycles. The van der Waals surface area contributed by atoms with Crippen LogP contribution in [0.3, 0.4) is 0 Å². The predicted octanol–water partition coefficient (Wildman–Crippen LogP) is 4.58. The van der Waals surface area contributed by atoms with Crippen molar-refractivity contribution in [1.29, 1.82) is 0 Å². The Balaban J connectivity index is 1.92. The first-order valence-electron chi connectivity index (χ1n) is 7.30. The maximum atomic E-state index is 13.1. The van der Waals surface area contributed by atoms with Gasteiger partial charge in [0, 0.05) is 6.04 Å². The van der Waals surface area contributed by atoms with E-state index in [1.165, 1.54) is 44.6 Å². The molecule has 1 aliphatic rings. The summed E-state index contributed by atoms with van der Waals surface area (Å²) in [5.41, 5.74) is 1.11. The van der Waals surface area contributed by atoms with Crippen LogP contribution in [0.2, 0.25) is 5.02 Å². The van der Waals surface area contributed by atoms with E-state index < -0.39 is 0 Å². The van der Waals surface area contributed by atoms with Crippen LogP contribution < -0.4 is 5.32 Å². The van der Waals surface area contributed by atoms with Gasteiger partial charge < -0.3 is 5.32 Å². The van der Waals surface area contributed by atoms with E-state index in [1.807, 2.05) is 13.1 Å². The fraction of sp³-hybridized carbons (Fsp3) is 0.625. The van der Waals surface area contributed by atoms with Gasteiger partial charge in [0.05, 0.1) is 5.02 Å². The first-order chi connectivity index (χ1) is 9.19. The van der Waals surface area contributed by atoms with Gasteiger partial charge in [0.1, 0.15) is 5.82 Å². The Morgan fingerprint density at radius 3 is 2.68 bits per heavy atom. The van der Waals surface area contributed by atoms with Crippen LogP contribution in [-0.4, -0.2) is 13.1 Å². The molecule has 1 aromatic carbocycles. The summed E-state index contributed by atoms with van der Waals surface area (Å²) in [6, 6.07) is 5.52. The number of nitrogens with one attached hydrogen (secondary N) is 1. The number of hydrogen-bond acceptors (Lipinski definition) is 1. The maximum absolute atomic E-state index is 13.1. The Labute approximate surface area is 120 Å². The highest BCUT2D eigenvalue weighted by Gasteiger charge is 2.18. The summed E-state index contributed by atoms with van der Waals surface area (Å²) in [7, 11) is 2.01. The molecule has 19 heavy (non-hydrogen) atoms. The third kappa shape index (κ3) is 4.47.